The van der Waals surface area contributed by atoms with Crippen LogP contribution in [0.4, 0.5) is 0 Å². The molecule has 1 atom stereocenters. The van der Waals surface area contributed by atoms with E-state index < -0.39 is 0 Å². The van der Waals surface area contributed by atoms with Gasteiger partial charge in [0, 0.05) is 0 Å². The molecule has 1 aliphatic rings. The largest absolute Gasteiger partial charge is 0.508 e. The van der Waals surface area contributed by atoms with E-state index in [1.807, 2.05) is 18.2 Å². The molecule has 0 radical (unpaired) electrons. The molecule has 1 aromatic rings. The minimum absolute atomic E-state index is 0.0698. The molecular formula is C12H12O2. The first-order valence-electron chi connectivity index (χ1n) is 4.54. The van der Waals surface area contributed by atoms with Gasteiger partial charge in [-0.25, -0.2) is 0 Å². The summed E-state index contributed by atoms with van der Waals surface area (Å²) in [5.74, 6) is 0.265. The molecule has 0 aromatic heterocycles. The molecule has 2 heteroatoms. The Labute approximate surface area is 83.1 Å². The summed E-state index contributed by atoms with van der Waals surface area (Å²) in [7, 11) is 0. The molecule has 1 aromatic carbocycles. The van der Waals surface area contributed by atoms with Crippen molar-refractivity contribution < 1.29 is 9.84 Å². The van der Waals surface area contributed by atoms with Gasteiger partial charge >= 0.3 is 0 Å². The van der Waals surface area contributed by atoms with Crippen LogP contribution in [-0.4, -0.2) is 11.7 Å². The molecule has 2 rings (SSSR count). The number of hydrogen-bond donors (Lipinski definition) is 1. The minimum Gasteiger partial charge on any atom is -0.508 e. The van der Waals surface area contributed by atoms with Crippen molar-refractivity contribution in [3.63, 3.8) is 0 Å². The number of rotatable bonds is 2. The number of ether oxygens (including phenoxy) is 1. The number of phenols is 1. The van der Waals surface area contributed by atoms with Crippen molar-refractivity contribution in [3.8, 4) is 5.75 Å². The molecule has 72 valence electrons. The summed E-state index contributed by atoms with van der Waals surface area (Å²) in [6.07, 6.45) is 3.73. The van der Waals surface area contributed by atoms with Gasteiger partial charge in [0.1, 0.15) is 11.9 Å². The van der Waals surface area contributed by atoms with Crippen LogP contribution in [0.1, 0.15) is 11.7 Å². The highest BCUT2D eigenvalue weighted by molar-refractivity contribution is 5.37. The molecule has 0 fully saturated rings. The minimum atomic E-state index is -0.0698. The molecule has 0 saturated carbocycles. The summed E-state index contributed by atoms with van der Waals surface area (Å²) < 4.78 is 5.52. The highest BCUT2D eigenvalue weighted by Crippen LogP contribution is 2.32. The fourth-order valence-corrected chi connectivity index (χ4v) is 1.61. The molecule has 1 aliphatic heterocycles. The van der Waals surface area contributed by atoms with E-state index in [4.69, 9.17) is 4.74 Å². The van der Waals surface area contributed by atoms with Crippen molar-refractivity contribution in [2.75, 3.05) is 6.61 Å². The monoisotopic (exact) mass is 188 g/mol. The van der Waals surface area contributed by atoms with Crippen LogP contribution in [0.3, 0.4) is 0 Å². The zero-order valence-electron chi connectivity index (χ0n) is 7.81. The van der Waals surface area contributed by atoms with Gasteiger partial charge in [-0.15, -0.1) is 0 Å². The Bertz CT molecular complexity index is 380. The number of hydrogen-bond acceptors (Lipinski definition) is 2. The zero-order chi connectivity index (χ0) is 9.97. The number of phenolic OH excluding ortho intramolecular Hbond substituents is 1. The average molecular weight is 188 g/mol. The van der Waals surface area contributed by atoms with Gasteiger partial charge in [0.15, 0.2) is 0 Å². The maximum atomic E-state index is 9.33. The van der Waals surface area contributed by atoms with Gasteiger partial charge < -0.3 is 9.84 Å². The predicted octanol–water partition coefficient (Wildman–Crippen LogP) is 2.58. The summed E-state index contributed by atoms with van der Waals surface area (Å²) in [6.45, 7) is 4.34. The number of benzene rings is 1. The Hall–Kier alpha value is -1.54. The van der Waals surface area contributed by atoms with E-state index in [-0.39, 0.29) is 11.9 Å². The molecule has 0 saturated heterocycles. The maximum absolute atomic E-state index is 9.33. The quantitative estimate of drug-likeness (QED) is 0.772. The van der Waals surface area contributed by atoms with Crippen molar-refractivity contribution in [1.29, 1.82) is 0 Å². The molecule has 1 unspecified atom stereocenters. The summed E-state index contributed by atoms with van der Waals surface area (Å²) in [4.78, 5) is 0. The SMILES string of the molecule is C=CC1=CCOC1c1cccc(O)c1. The van der Waals surface area contributed by atoms with Crippen LogP contribution in [0.5, 0.6) is 5.75 Å². The van der Waals surface area contributed by atoms with Gasteiger partial charge in [0.25, 0.3) is 0 Å². The standard InChI is InChI=1S/C12H12O2/c1-2-9-6-7-14-12(9)10-4-3-5-11(13)8-10/h2-6,8,12-13H,1,7H2. The van der Waals surface area contributed by atoms with Gasteiger partial charge in [-0.1, -0.05) is 30.9 Å². The van der Waals surface area contributed by atoms with Crippen LogP contribution in [0.2, 0.25) is 0 Å². The van der Waals surface area contributed by atoms with Crippen molar-refractivity contribution in [2.24, 2.45) is 0 Å². The summed E-state index contributed by atoms with van der Waals surface area (Å²) in [5, 5.41) is 9.33. The van der Waals surface area contributed by atoms with Crippen LogP contribution in [-0.2, 0) is 4.74 Å². The second kappa shape index (κ2) is 3.68. The van der Waals surface area contributed by atoms with Crippen molar-refractivity contribution >= 4 is 0 Å². The first-order valence-corrected chi connectivity index (χ1v) is 4.54. The normalized spacial score (nSPS) is 20.6. The van der Waals surface area contributed by atoms with Gasteiger partial charge in [0.2, 0.25) is 0 Å². The fourth-order valence-electron chi connectivity index (χ4n) is 1.61. The van der Waals surface area contributed by atoms with Gasteiger partial charge in [-0.2, -0.15) is 0 Å². The van der Waals surface area contributed by atoms with Crippen molar-refractivity contribution in [1.82, 2.24) is 0 Å². The maximum Gasteiger partial charge on any atom is 0.115 e. The molecule has 0 aliphatic carbocycles. The lowest BCUT2D eigenvalue weighted by atomic mass is 10.0. The molecule has 1 N–H and O–H groups in total. The Kier molecular flexibility index (Phi) is 2.37. The second-order valence-electron chi connectivity index (χ2n) is 3.22. The van der Waals surface area contributed by atoms with Crippen LogP contribution >= 0.6 is 0 Å². The summed E-state index contributed by atoms with van der Waals surface area (Å²) >= 11 is 0. The first-order chi connectivity index (χ1) is 6.81. The molecule has 1 heterocycles. The second-order valence-corrected chi connectivity index (χ2v) is 3.22. The van der Waals surface area contributed by atoms with Gasteiger partial charge in [0.05, 0.1) is 6.61 Å². The summed E-state index contributed by atoms with van der Waals surface area (Å²) in [5.41, 5.74) is 2.03. The highest BCUT2D eigenvalue weighted by Gasteiger charge is 2.19. The van der Waals surface area contributed by atoms with Gasteiger partial charge in [-0.3, -0.25) is 0 Å². The highest BCUT2D eigenvalue weighted by atomic mass is 16.5. The lowest BCUT2D eigenvalue weighted by Crippen LogP contribution is -1.99. The van der Waals surface area contributed by atoms with Gasteiger partial charge in [-0.05, 0) is 23.3 Å². The molecular weight excluding hydrogens is 176 g/mol. The molecule has 0 spiro atoms. The van der Waals surface area contributed by atoms with E-state index in [2.05, 4.69) is 6.58 Å². The molecule has 0 bridgehead atoms. The third kappa shape index (κ3) is 1.56. The fraction of sp³-hybridized carbons (Fsp3) is 0.167. The Morgan fingerprint density at radius 2 is 2.36 bits per heavy atom. The lowest BCUT2D eigenvalue weighted by Gasteiger charge is -2.12. The molecule has 14 heavy (non-hydrogen) atoms. The Balaban J connectivity index is 2.31. The first kappa shape index (κ1) is 9.03. The van der Waals surface area contributed by atoms with E-state index in [1.54, 1.807) is 18.2 Å². The number of aromatic hydroxyl groups is 1. The summed E-state index contributed by atoms with van der Waals surface area (Å²) in [6, 6.07) is 7.11. The lowest BCUT2D eigenvalue weighted by molar-refractivity contribution is 0.125. The Morgan fingerprint density at radius 3 is 3.07 bits per heavy atom. The third-order valence-corrected chi connectivity index (χ3v) is 2.29. The van der Waals surface area contributed by atoms with Crippen LogP contribution in [0.15, 0.2) is 48.6 Å². The van der Waals surface area contributed by atoms with Crippen LogP contribution in [0, 0.1) is 0 Å². The van der Waals surface area contributed by atoms with E-state index in [0.29, 0.717) is 6.61 Å². The third-order valence-electron chi connectivity index (χ3n) is 2.29. The van der Waals surface area contributed by atoms with Crippen LogP contribution < -0.4 is 0 Å². The zero-order valence-corrected chi connectivity index (χ0v) is 7.81. The van der Waals surface area contributed by atoms with Crippen molar-refractivity contribution in [2.45, 2.75) is 6.10 Å². The van der Waals surface area contributed by atoms with Crippen LogP contribution in [0.25, 0.3) is 0 Å². The smallest absolute Gasteiger partial charge is 0.115 e. The van der Waals surface area contributed by atoms with E-state index in [9.17, 15) is 5.11 Å². The average Bonchev–Trinajstić information content (AvgIpc) is 2.65. The van der Waals surface area contributed by atoms with E-state index in [0.717, 1.165) is 11.1 Å². The Morgan fingerprint density at radius 1 is 1.50 bits per heavy atom. The van der Waals surface area contributed by atoms with E-state index in [1.165, 1.54) is 0 Å². The predicted molar refractivity (Wildman–Crippen MR) is 55.1 cm³/mol. The topological polar surface area (TPSA) is 29.5 Å². The molecule has 2 nitrogen and oxygen atoms in total. The molecule has 0 amide bonds. The van der Waals surface area contributed by atoms with E-state index >= 15 is 0 Å². The van der Waals surface area contributed by atoms with Crippen molar-refractivity contribution in [3.05, 3.63) is 54.1 Å².